The van der Waals surface area contributed by atoms with E-state index in [0.29, 0.717) is 0 Å². The fourth-order valence-electron chi connectivity index (χ4n) is 2.22. The van der Waals surface area contributed by atoms with E-state index in [2.05, 4.69) is 44.9 Å². The first-order valence-corrected chi connectivity index (χ1v) is 5.41. The normalized spacial score (nSPS) is 15.2. The van der Waals surface area contributed by atoms with Gasteiger partial charge in [0, 0.05) is 22.6 Å². The largest absolute Gasteiger partial charge is 0.347 e. The minimum Gasteiger partial charge on any atom is -0.347 e. The molecule has 0 saturated heterocycles. The van der Waals surface area contributed by atoms with Crippen LogP contribution in [-0.2, 0) is 13.0 Å². The van der Waals surface area contributed by atoms with Gasteiger partial charge in [-0.15, -0.1) is 0 Å². The average Bonchev–Trinajstić information content (AvgIpc) is 2.50. The lowest BCUT2D eigenvalue weighted by Crippen LogP contribution is -2.06. The number of rotatable bonds is 0. The van der Waals surface area contributed by atoms with Crippen molar-refractivity contribution in [1.29, 1.82) is 0 Å². The molecule has 1 aromatic heterocycles. The van der Waals surface area contributed by atoms with Crippen LogP contribution in [0.3, 0.4) is 0 Å². The first-order valence-electron chi connectivity index (χ1n) is 4.62. The first-order chi connectivity index (χ1) is 6.34. The predicted molar refractivity (Wildman–Crippen MR) is 58.0 cm³/mol. The number of nitrogens with zero attached hydrogens (tertiary/aromatic N) is 1. The third-order valence-corrected chi connectivity index (χ3v) is 3.21. The molecule has 1 nitrogen and oxygen atoms in total. The number of hydrogen-bond acceptors (Lipinski definition) is 0. The summed E-state index contributed by atoms with van der Waals surface area (Å²) in [5.74, 6) is 0. The Morgan fingerprint density at radius 1 is 1.31 bits per heavy atom. The predicted octanol–water partition coefficient (Wildman–Crippen LogP) is 3.35. The molecule has 2 heterocycles. The van der Waals surface area contributed by atoms with Crippen LogP contribution in [0.1, 0.15) is 12.0 Å². The molecule has 0 bridgehead atoms. The van der Waals surface area contributed by atoms with E-state index in [1.807, 2.05) is 0 Å². The summed E-state index contributed by atoms with van der Waals surface area (Å²) in [6, 6.07) is 6.65. The molecule has 0 amide bonds. The van der Waals surface area contributed by atoms with Crippen molar-refractivity contribution in [2.45, 2.75) is 19.4 Å². The first kappa shape index (κ1) is 7.63. The molecule has 13 heavy (non-hydrogen) atoms. The lowest BCUT2D eigenvalue weighted by atomic mass is 10.0. The van der Waals surface area contributed by atoms with Crippen molar-refractivity contribution >= 4 is 26.8 Å². The molecule has 2 aromatic rings. The standard InChI is InChI=1S/C11H10BrN/c12-10-6-8-2-1-4-13-5-3-9(7-10)11(8)13/h3,5-7H,1-2,4H2. The summed E-state index contributed by atoms with van der Waals surface area (Å²) in [5, 5.41) is 1.36. The van der Waals surface area contributed by atoms with Gasteiger partial charge in [0.05, 0.1) is 5.52 Å². The van der Waals surface area contributed by atoms with Crippen LogP contribution in [0.25, 0.3) is 10.9 Å². The molecule has 0 saturated carbocycles. The Labute approximate surface area is 85.5 Å². The van der Waals surface area contributed by atoms with Gasteiger partial charge in [-0.25, -0.2) is 0 Å². The quantitative estimate of drug-likeness (QED) is 0.661. The van der Waals surface area contributed by atoms with Gasteiger partial charge in [0.25, 0.3) is 0 Å². The van der Waals surface area contributed by atoms with Gasteiger partial charge in [0.15, 0.2) is 0 Å². The van der Waals surface area contributed by atoms with Gasteiger partial charge < -0.3 is 4.57 Å². The second-order valence-corrected chi connectivity index (χ2v) is 4.53. The van der Waals surface area contributed by atoms with Gasteiger partial charge >= 0.3 is 0 Å². The Morgan fingerprint density at radius 2 is 2.23 bits per heavy atom. The van der Waals surface area contributed by atoms with E-state index in [1.165, 1.54) is 40.3 Å². The third kappa shape index (κ3) is 1.05. The van der Waals surface area contributed by atoms with Crippen molar-refractivity contribution in [2.75, 3.05) is 0 Å². The number of halogens is 1. The molecular formula is C11H10BrN. The molecule has 1 aliphatic heterocycles. The minimum atomic E-state index is 1.18. The number of aryl methyl sites for hydroxylation is 2. The maximum atomic E-state index is 3.55. The van der Waals surface area contributed by atoms with Crippen molar-refractivity contribution in [3.05, 3.63) is 34.4 Å². The van der Waals surface area contributed by atoms with E-state index in [0.717, 1.165) is 0 Å². The lowest BCUT2D eigenvalue weighted by molar-refractivity contribution is 0.636. The molecule has 0 N–H and O–H groups in total. The molecule has 0 fully saturated rings. The molecule has 0 atom stereocenters. The van der Waals surface area contributed by atoms with Gasteiger partial charge in [-0.1, -0.05) is 15.9 Å². The van der Waals surface area contributed by atoms with Crippen molar-refractivity contribution in [2.24, 2.45) is 0 Å². The van der Waals surface area contributed by atoms with Gasteiger partial charge in [-0.3, -0.25) is 0 Å². The maximum absolute atomic E-state index is 3.55. The summed E-state index contributed by atoms with van der Waals surface area (Å²) in [7, 11) is 0. The molecular weight excluding hydrogens is 226 g/mol. The van der Waals surface area contributed by atoms with Crippen LogP contribution < -0.4 is 0 Å². The molecule has 66 valence electrons. The number of benzene rings is 1. The molecule has 0 spiro atoms. The highest BCUT2D eigenvalue weighted by molar-refractivity contribution is 9.10. The summed E-state index contributed by atoms with van der Waals surface area (Å²) < 4.78 is 3.57. The Morgan fingerprint density at radius 3 is 3.15 bits per heavy atom. The fraction of sp³-hybridized carbons (Fsp3) is 0.273. The molecule has 0 aliphatic carbocycles. The Balaban J connectivity index is 2.47. The molecule has 1 aromatic carbocycles. The van der Waals surface area contributed by atoms with E-state index < -0.39 is 0 Å². The van der Waals surface area contributed by atoms with Crippen LogP contribution in [0.5, 0.6) is 0 Å². The van der Waals surface area contributed by atoms with Gasteiger partial charge in [-0.05, 0) is 36.6 Å². The highest BCUT2D eigenvalue weighted by atomic mass is 79.9. The van der Waals surface area contributed by atoms with E-state index in [-0.39, 0.29) is 0 Å². The van der Waals surface area contributed by atoms with E-state index in [1.54, 1.807) is 0 Å². The molecule has 1 aliphatic rings. The van der Waals surface area contributed by atoms with Gasteiger partial charge in [0.1, 0.15) is 0 Å². The van der Waals surface area contributed by atoms with Crippen LogP contribution in [0.2, 0.25) is 0 Å². The second-order valence-electron chi connectivity index (χ2n) is 3.62. The van der Waals surface area contributed by atoms with E-state index >= 15 is 0 Å². The van der Waals surface area contributed by atoms with Crippen molar-refractivity contribution in [1.82, 2.24) is 4.57 Å². The monoisotopic (exact) mass is 235 g/mol. The second kappa shape index (κ2) is 2.61. The Hall–Kier alpha value is -0.760. The Kier molecular flexibility index (Phi) is 1.53. The highest BCUT2D eigenvalue weighted by Crippen LogP contribution is 2.29. The van der Waals surface area contributed by atoms with Gasteiger partial charge in [-0.2, -0.15) is 0 Å². The van der Waals surface area contributed by atoms with Crippen LogP contribution >= 0.6 is 15.9 Å². The number of aromatic nitrogens is 1. The van der Waals surface area contributed by atoms with Crippen LogP contribution in [0, 0.1) is 0 Å². The van der Waals surface area contributed by atoms with E-state index in [4.69, 9.17) is 0 Å². The van der Waals surface area contributed by atoms with Gasteiger partial charge in [0.2, 0.25) is 0 Å². The zero-order valence-electron chi connectivity index (χ0n) is 7.26. The summed E-state index contributed by atoms with van der Waals surface area (Å²) in [4.78, 5) is 0. The van der Waals surface area contributed by atoms with Crippen LogP contribution in [-0.4, -0.2) is 4.57 Å². The molecule has 2 heteroatoms. The summed E-state index contributed by atoms with van der Waals surface area (Å²) in [5.41, 5.74) is 2.93. The van der Waals surface area contributed by atoms with Crippen molar-refractivity contribution in [3.8, 4) is 0 Å². The van der Waals surface area contributed by atoms with E-state index in [9.17, 15) is 0 Å². The average molecular weight is 236 g/mol. The smallest absolute Gasteiger partial charge is 0.0513 e. The van der Waals surface area contributed by atoms with Crippen LogP contribution in [0.15, 0.2) is 28.9 Å². The van der Waals surface area contributed by atoms with Crippen molar-refractivity contribution in [3.63, 3.8) is 0 Å². The van der Waals surface area contributed by atoms with Crippen LogP contribution in [0.4, 0.5) is 0 Å². The lowest BCUT2D eigenvalue weighted by Gasteiger charge is -2.15. The Bertz CT molecular complexity index is 470. The molecule has 0 unspecified atom stereocenters. The minimum absolute atomic E-state index is 1.18. The summed E-state index contributed by atoms with van der Waals surface area (Å²) in [6.45, 7) is 1.18. The molecule has 0 radical (unpaired) electrons. The maximum Gasteiger partial charge on any atom is 0.0513 e. The third-order valence-electron chi connectivity index (χ3n) is 2.75. The molecule has 3 rings (SSSR count). The number of hydrogen-bond donors (Lipinski definition) is 0. The highest BCUT2D eigenvalue weighted by Gasteiger charge is 2.12. The zero-order chi connectivity index (χ0) is 8.84. The fourth-order valence-corrected chi connectivity index (χ4v) is 2.74. The SMILES string of the molecule is Brc1cc2c3c(ccn3CCC2)c1. The van der Waals surface area contributed by atoms with Crippen molar-refractivity contribution < 1.29 is 0 Å². The topological polar surface area (TPSA) is 4.93 Å². The summed E-state index contributed by atoms with van der Waals surface area (Å²) in [6.07, 6.45) is 4.69. The summed E-state index contributed by atoms with van der Waals surface area (Å²) >= 11 is 3.55. The zero-order valence-corrected chi connectivity index (χ0v) is 8.84.